The summed E-state index contributed by atoms with van der Waals surface area (Å²) in [5.74, 6) is -0.878. The van der Waals surface area contributed by atoms with Gasteiger partial charge in [-0.15, -0.1) is 0 Å². The second kappa shape index (κ2) is 5.25. The van der Waals surface area contributed by atoms with E-state index in [2.05, 4.69) is 9.97 Å². The lowest BCUT2D eigenvalue weighted by molar-refractivity contribution is -0.383. The van der Waals surface area contributed by atoms with Gasteiger partial charge in [-0.1, -0.05) is 0 Å². The average molecular weight is 254 g/mol. The first-order valence-corrected chi connectivity index (χ1v) is 5.14. The SMILES string of the molecule is CC(C)N(CC(N)=O)c1ncnc(N)c1[N+](=O)[O-]. The maximum absolute atomic E-state index is 11.0. The molecule has 9 nitrogen and oxygen atoms in total. The monoisotopic (exact) mass is 254 g/mol. The molecule has 0 saturated heterocycles. The minimum absolute atomic E-state index is 0.0127. The van der Waals surface area contributed by atoms with Crippen molar-refractivity contribution in [3.8, 4) is 0 Å². The molecule has 4 N–H and O–H groups in total. The number of hydrogen-bond acceptors (Lipinski definition) is 7. The number of carbonyl (C=O) groups is 1. The number of nitrogen functional groups attached to an aromatic ring is 1. The lowest BCUT2D eigenvalue weighted by Crippen LogP contribution is -2.39. The quantitative estimate of drug-likeness (QED) is 0.541. The third kappa shape index (κ3) is 2.81. The van der Waals surface area contributed by atoms with Gasteiger partial charge in [-0.2, -0.15) is 0 Å². The zero-order valence-electron chi connectivity index (χ0n) is 10.0. The molecule has 0 bridgehead atoms. The Morgan fingerprint density at radius 3 is 2.61 bits per heavy atom. The predicted molar refractivity (Wildman–Crippen MR) is 64.8 cm³/mol. The Balaban J connectivity index is 3.32. The summed E-state index contributed by atoms with van der Waals surface area (Å²) >= 11 is 0. The maximum Gasteiger partial charge on any atom is 0.353 e. The molecule has 0 radical (unpaired) electrons. The first-order valence-electron chi connectivity index (χ1n) is 5.14. The first-order chi connectivity index (χ1) is 8.34. The minimum Gasteiger partial charge on any atom is -0.378 e. The van der Waals surface area contributed by atoms with Gasteiger partial charge in [0, 0.05) is 6.04 Å². The van der Waals surface area contributed by atoms with E-state index in [4.69, 9.17) is 11.5 Å². The smallest absolute Gasteiger partial charge is 0.353 e. The van der Waals surface area contributed by atoms with E-state index in [-0.39, 0.29) is 24.2 Å². The van der Waals surface area contributed by atoms with Crippen LogP contribution in [-0.4, -0.2) is 33.4 Å². The number of hydrogen-bond donors (Lipinski definition) is 2. The van der Waals surface area contributed by atoms with Crippen LogP contribution in [0.1, 0.15) is 13.8 Å². The molecule has 1 aromatic rings. The fourth-order valence-electron chi connectivity index (χ4n) is 1.44. The number of nitrogens with two attached hydrogens (primary N) is 2. The van der Waals surface area contributed by atoms with E-state index >= 15 is 0 Å². The van der Waals surface area contributed by atoms with Crippen molar-refractivity contribution >= 4 is 23.2 Å². The van der Waals surface area contributed by atoms with Crippen LogP contribution >= 0.6 is 0 Å². The molecule has 0 aliphatic carbocycles. The van der Waals surface area contributed by atoms with Gasteiger partial charge in [-0.3, -0.25) is 14.9 Å². The van der Waals surface area contributed by atoms with Crippen LogP contribution in [0.2, 0.25) is 0 Å². The van der Waals surface area contributed by atoms with Gasteiger partial charge >= 0.3 is 5.69 Å². The second-order valence-corrected chi connectivity index (χ2v) is 3.88. The highest BCUT2D eigenvalue weighted by molar-refractivity contribution is 5.81. The summed E-state index contributed by atoms with van der Waals surface area (Å²) < 4.78 is 0. The summed E-state index contributed by atoms with van der Waals surface area (Å²) in [4.78, 5) is 30.1. The molecule has 1 rings (SSSR count). The van der Waals surface area contributed by atoms with E-state index < -0.39 is 16.5 Å². The van der Waals surface area contributed by atoms with Crippen molar-refractivity contribution in [2.75, 3.05) is 17.2 Å². The van der Waals surface area contributed by atoms with Crippen LogP contribution in [0.5, 0.6) is 0 Å². The van der Waals surface area contributed by atoms with Gasteiger partial charge in [0.15, 0.2) is 0 Å². The molecule has 1 heterocycles. The third-order valence-electron chi connectivity index (χ3n) is 2.24. The molecule has 1 aromatic heterocycles. The molecule has 98 valence electrons. The van der Waals surface area contributed by atoms with Gasteiger partial charge in [0.2, 0.25) is 17.5 Å². The minimum atomic E-state index is -0.680. The number of aromatic nitrogens is 2. The second-order valence-electron chi connectivity index (χ2n) is 3.88. The normalized spacial score (nSPS) is 10.4. The number of amides is 1. The summed E-state index contributed by atoms with van der Waals surface area (Å²) in [6.07, 6.45) is 1.11. The van der Waals surface area contributed by atoms with Gasteiger partial charge in [-0.25, -0.2) is 9.97 Å². The van der Waals surface area contributed by atoms with Crippen molar-refractivity contribution in [2.45, 2.75) is 19.9 Å². The number of primary amides is 1. The summed E-state index contributed by atoms with van der Waals surface area (Å²) in [6, 6.07) is -0.203. The van der Waals surface area contributed by atoms with Crippen LogP contribution in [0.25, 0.3) is 0 Å². The molecular weight excluding hydrogens is 240 g/mol. The van der Waals surface area contributed by atoms with E-state index in [9.17, 15) is 14.9 Å². The van der Waals surface area contributed by atoms with Crippen molar-refractivity contribution in [1.82, 2.24) is 9.97 Å². The summed E-state index contributed by atoms with van der Waals surface area (Å²) in [5.41, 5.74) is 10.1. The standard InChI is InChI=1S/C9H14N6O3/c1-5(2)14(3-6(10)16)9-7(15(17)18)8(11)12-4-13-9/h4-5H,3H2,1-2H3,(H2,10,16)(H2,11,12,13). The molecule has 9 heteroatoms. The fourth-order valence-corrected chi connectivity index (χ4v) is 1.44. The van der Waals surface area contributed by atoms with Crippen molar-refractivity contribution in [3.63, 3.8) is 0 Å². The number of anilines is 2. The molecule has 0 aromatic carbocycles. The highest BCUT2D eigenvalue weighted by atomic mass is 16.6. The predicted octanol–water partition coefficient (Wildman–Crippen LogP) is -0.333. The van der Waals surface area contributed by atoms with Gasteiger partial charge in [0.05, 0.1) is 11.5 Å². The third-order valence-corrected chi connectivity index (χ3v) is 2.24. The molecule has 0 aliphatic heterocycles. The summed E-state index contributed by atoms with van der Waals surface area (Å²) in [6.45, 7) is 3.32. The summed E-state index contributed by atoms with van der Waals surface area (Å²) in [7, 11) is 0. The molecule has 18 heavy (non-hydrogen) atoms. The molecule has 0 spiro atoms. The van der Waals surface area contributed by atoms with Crippen LogP contribution < -0.4 is 16.4 Å². The van der Waals surface area contributed by atoms with Crippen molar-refractivity contribution < 1.29 is 9.72 Å². The Labute approximate surface area is 103 Å². The number of carbonyl (C=O) groups excluding carboxylic acids is 1. The highest BCUT2D eigenvalue weighted by Crippen LogP contribution is 2.30. The van der Waals surface area contributed by atoms with Crippen LogP contribution in [0.4, 0.5) is 17.3 Å². The Morgan fingerprint density at radius 2 is 2.17 bits per heavy atom. The molecule has 0 atom stereocenters. The van der Waals surface area contributed by atoms with Gasteiger partial charge < -0.3 is 16.4 Å². The van der Waals surface area contributed by atoms with E-state index in [1.165, 1.54) is 4.90 Å². The van der Waals surface area contributed by atoms with E-state index in [1.54, 1.807) is 13.8 Å². The molecule has 0 saturated carbocycles. The average Bonchev–Trinajstić information content (AvgIpc) is 2.24. The van der Waals surface area contributed by atoms with Crippen molar-refractivity contribution in [1.29, 1.82) is 0 Å². The largest absolute Gasteiger partial charge is 0.378 e. The Bertz CT molecular complexity index is 475. The van der Waals surface area contributed by atoms with Crippen molar-refractivity contribution in [3.05, 3.63) is 16.4 Å². The molecule has 0 aliphatic rings. The summed E-state index contributed by atoms with van der Waals surface area (Å²) in [5, 5.41) is 11.0. The van der Waals surface area contributed by atoms with Crippen LogP contribution in [-0.2, 0) is 4.79 Å². The lowest BCUT2D eigenvalue weighted by Gasteiger charge is -2.25. The number of nitrogens with zero attached hydrogens (tertiary/aromatic N) is 4. The van der Waals surface area contributed by atoms with Gasteiger partial charge in [0.25, 0.3) is 0 Å². The number of rotatable bonds is 5. The zero-order chi connectivity index (χ0) is 13.9. The zero-order valence-corrected chi connectivity index (χ0v) is 10.0. The van der Waals surface area contributed by atoms with E-state index in [0.717, 1.165) is 6.33 Å². The Kier molecular flexibility index (Phi) is 3.97. The van der Waals surface area contributed by atoms with Crippen LogP contribution in [0.15, 0.2) is 6.33 Å². The fraction of sp³-hybridized carbons (Fsp3) is 0.444. The van der Waals surface area contributed by atoms with Gasteiger partial charge in [0.1, 0.15) is 6.33 Å². The van der Waals surface area contributed by atoms with Crippen LogP contribution in [0.3, 0.4) is 0 Å². The highest BCUT2D eigenvalue weighted by Gasteiger charge is 2.27. The first kappa shape index (κ1) is 13.6. The molecule has 1 amide bonds. The molecule has 0 fully saturated rings. The Morgan fingerprint density at radius 1 is 1.56 bits per heavy atom. The van der Waals surface area contributed by atoms with E-state index in [0.29, 0.717) is 0 Å². The van der Waals surface area contributed by atoms with Gasteiger partial charge in [-0.05, 0) is 13.8 Å². The Hall–Kier alpha value is -2.45. The maximum atomic E-state index is 11.0. The topological polar surface area (TPSA) is 141 Å². The number of nitro groups is 1. The van der Waals surface area contributed by atoms with Crippen molar-refractivity contribution in [2.24, 2.45) is 5.73 Å². The van der Waals surface area contributed by atoms with E-state index in [1.807, 2.05) is 0 Å². The molecule has 0 unspecified atom stereocenters. The lowest BCUT2D eigenvalue weighted by atomic mass is 10.3. The van der Waals surface area contributed by atoms with Crippen LogP contribution in [0, 0.1) is 10.1 Å². The molecular formula is C9H14N6O3.